The van der Waals surface area contributed by atoms with Crippen LogP contribution < -0.4 is 5.32 Å². The number of thiophene rings is 1. The van der Waals surface area contributed by atoms with Crippen LogP contribution >= 0.6 is 50.5 Å². The zero-order chi connectivity index (χ0) is 18.1. The zero-order valence-corrected chi connectivity index (χ0v) is 17.5. The standard InChI is InChI=1S/C15H17BrCl2N4O2S/c1-21-5-8(11-12(16)20-22(2)13(11)17)9(6-24-7-21)15(23)19-10-3-4-25-14(10)18/h3-4,8-9H,5-7H2,1-2H3,(H,19,23)/t8-,9-/m0/s1. The lowest BCUT2D eigenvalue weighted by molar-refractivity contribution is -0.122. The molecular weight excluding hydrogens is 451 g/mol. The maximum Gasteiger partial charge on any atom is 0.230 e. The minimum Gasteiger partial charge on any atom is -0.365 e. The molecule has 10 heteroatoms. The van der Waals surface area contributed by atoms with Gasteiger partial charge < -0.3 is 10.1 Å². The summed E-state index contributed by atoms with van der Waals surface area (Å²) in [6.07, 6.45) is 0. The summed E-state index contributed by atoms with van der Waals surface area (Å²) in [6, 6.07) is 1.79. The molecule has 2 aromatic heterocycles. The summed E-state index contributed by atoms with van der Waals surface area (Å²) in [5.41, 5.74) is 1.43. The molecule has 3 rings (SSSR count). The number of likely N-dealkylation sites (N-methyl/N-ethyl adjacent to an activating group) is 1. The van der Waals surface area contributed by atoms with Crippen LogP contribution in [0.2, 0.25) is 9.49 Å². The number of carbonyl (C=O) groups is 1. The van der Waals surface area contributed by atoms with Crippen molar-refractivity contribution in [2.24, 2.45) is 13.0 Å². The fourth-order valence-electron chi connectivity index (χ4n) is 2.92. The molecule has 0 saturated carbocycles. The molecule has 1 aliphatic rings. The molecular formula is C15H17BrCl2N4O2S. The number of aryl methyl sites for hydroxylation is 1. The van der Waals surface area contributed by atoms with Crippen LogP contribution in [0.1, 0.15) is 11.5 Å². The van der Waals surface area contributed by atoms with Crippen LogP contribution in [0.25, 0.3) is 0 Å². The molecule has 0 aliphatic carbocycles. The van der Waals surface area contributed by atoms with Gasteiger partial charge in [0.2, 0.25) is 5.91 Å². The summed E-state index contributed by atoms with van der Waals surface area (Å²) < 4.78 is 8.47. The normalized spacial score (nSPS) is 22.0. The van der Waals surface area contributed by atoms with Crippen LogP contribution in [0, 0.1) is 5.92 Å². The van der Waals surface area contributed by atoms with Gasteiger partial charge in [0.25, 0.3) is 0 Å². The first kappa shape index (κ1) is 19.1. The number of carbonyl (C=O) groups excluding carboxylic acids is 1. The number of amides is 1. The van der Waals surface area contributed by atoms with Crippen LogP contribution in [-0.4, -0.2) is 47.5 Å². The van der Waals surface area contributed by atoms with E-state index in [9.17, 15) is 4.79 Å². The van der Waals surface area contributed by atoms with E-state index < -0.39 is 5.92 Å². The predicted octanol–water partition coefficient (Wildman–Crippen LogP) is 3.81. The van der Waals surface area contributed by atoms with Crippen LogP contribution in [0.15, 0.2) is 16.0 Å². The number of hydrogen-bond donors (Lipinski definition) is 1. The summed E-state index contributed by atoms with van der Waals surface area (Å²) in [4.78, 5) is 15.0. The van der Waals surface area contributed by atoms with Crippen molar-refractivity contribution in [3.8, 4) is 0 Å². The van der Waals surface area contributed by atoms with Crippen LogP contribution in [0.4, 0.5) is 5.69 Å². The van der Waals surface area contributed by atoms with E-state index >= 15 is 0 Å². The molecule has 6 nitrogen and oxygen atoms in total. The minimum absolute atomic E-state index is 0.146. The Morgan fingerprint density at radius 2 is 2.24 bits per heavy atom. The molecule has 1 N–H and O–H groups in total. The number of aromatic nitrogens is 2. The highest BCUT2D eigenvalue weighted by Crippen LogP contribution is 2.38. The quantitative estimate of drug-likeness (QED) is 0.745. The second-order valence-electron chi connectivity index (χ2n) is 5.97. The molecule has 2 aromatic rings. The van der Waals surface area contributed by atoms with Gasteiger partial charge >= 0.3 is 0 Å². The average molecular weight is 468 g/mol. The summed E-state index contributed by atoms with van der Waals surface area (Å²) >= 11 is 17.4. The highest BCUT2D eigenvalue weighted by atomic mass is 79.9. The highest BCUT2D eigenvalue weighted by molar-refractivity contribution is 9.10. The Morgan fingerprint density at radius 1 is 1.48 bits per heavy atom. The number of nitrogens with one attached hydrogen (secondary N) is 1. The van der Waals surface area contributed by atoms with Gasteiger partial charge in [0.15, 0.2) is 0 Å². The van der Waals surface area contributed by atoms with Gasteiger partial charge in [-0.25, -0.2) is 0 Å². The molecule has 136 valence electrons. The Balaban J connectivity index is 1.93. The van der Waals surface area contributed by atoms with E-state index in [1.54, 1.807) is 17.8 Å². The smallest absolute Gasteiger partial charge is 0.230 e. The Morgan fingerprint density at radius 3 is 2.84 bits per heavy atom. The van der Waals surface area contributed by atoms with Crippen LogP contribution in [-0.2, 0) is 16.6 Å². The molecule has 2 atom stereocenters. The second kappa shape index (κ2) is 7.94. The fraction of sp³-hybridized carbons (Fsp3) is 0.467. The molecule has 0 unspecified atom stereocenters. The van der Waals surface area contributed by atoms with Crippen molar-refractivity contribution < 1.29 is 9.53 Å². The predicted molar refractivity (Wildman–Crippen MR) is 104 cm³/mol. The summed E-state index contributed by atoms with van der Waals surface area (Å²) in [5.74, 6) is -0.730. The zero-order valence-electron chi connectivity index (χ0n) is 13.6. The lowest BCUT2D eigenvalue weighted by Crippen LogP contribution is -2.34. The number of rotatable bonds is 3. The Kier molecular flexibility index (Phi) is 6.07. The van der Waals surface area contributed by atoms with Crippen molar-refractivity contribution in [2.45, 2.75) is 5.92 Å². The first-order valence-electron chi connectivity index (χ1n) is 7.56. The second-order valence-corrected chi connectivity index (χ2v) is 8.59. The SMILES string of the molecule is CN1COC[C@H](C(=O)Nc2ccsc2Cl)[C@@H](c2c(Br)nn(C)c2Cl)C1. The van der Waals surface area contributed by atoms with Gasteiger partial charge in [0, 0.05) is 25.1 Å². The lowest BCUT2D eigenvalue weighted by Gasteiger charge is -2.25. The lowest BCUT2D eigenvalue weighted by atomic mass is 9.87. The van der Waals surface area contributed by atoms with Gasteiger partial charge in [-0.05, 0) is 34.4 Å². The number of halogens is 3. The molecule has 0 radical (unpaired) electrons. The van der Waals surface area contributed by atoms with E-state index in [2.05, 4.69) is 26.3 Å². The maximum absolute atomic E-state index is 12.9. The van der Waals surface area contributed by atoms with Crippen molar-refractivity contribution in [1.82, 2.24) is 14.7 Å². The van der Waals surface area contributed by atoms with Gasteiger partial charge in [-0.15, -0.1) is 11.3 Å². The Hall–Kier alpha value is -0.640. The van der Waals surface area contributed by atoms with Crippen LogP contribution in [0.3, 0.4) is 0 Å². The number of hydrogen-bond acceptors (Lipinski definition) is 5. The molecule has 1 fully saturated rings. The van der Waals surface area contributed by atoms with Gasteiger partial charge in [0.05, 0.1) is 24.9 Å². The largest absolute Gasteiger partial charge is 0.365 e. The third-order valence-corrected chi connectivity index (χ3v) is 6.36. The van der Waals surface area contributed by atoms with E-state index in [4.69, 9.17) is 27.9 Å². The Bertz CT molecular complexity index is 782. The maximum atomic E-state index is 12.9. The van der Waals surface area contributed by atoms with Crippen molar-refractivity contribution >= 4 is 62.1 Å². The van der Waals surface area contributed by atoms with Gasteiger partial charge in [-0.3, -0.25) is 14.4 Å². The van der Waals surface area contributed by atoms with E-state index in [1.165, 1.54) is 11.3 Å². The minimum atomic E-state index is -0.418. The molecule has 25 heavy (non-hydrogen) atoms. The van der Waals surface area contributed by atoms with Crippen molar-refractivity contribution in [1.29, 1.82) is 0 Å². The first-order chi connectivity index (χ1) is 11.9. The monoisotopic (exact) mass is 466 g/mol. The van der Waals surface area contributed by atoms with Crippen molar-refractivity contribution in [2.75, 3.05) is 32.2 Å². The average Bonchev–Trinajstić information content (AvgIpc) is 2.97. The molecule has 3 heterocycles. The molecule has 0 bridgehead atoms. The topological polar surface area (TPSA) is 59.4 Å². The molecule has 1 amide bonds. The van der Waals surface area contributed by atoms with E-state index in [-0.39, 0.29) is 11.8 Å². The van der Waals surface area contributed by atoms with Crippen molar-refractivity contribution in [3.63, 3.8) is 0 Å². The molecule has 1 saturated heterocycles. The summed E-state index contributed by atoms with van der Waals surface area (Å²) in [5, 5.41) is 9.57. The van der Waals surface area contributed by atoms with Crippen molar-refractivity contribution in [3.05, 3.63) is 31.1 Å². The number of anilines is 1. The Labute approximate surface area is 168 Å². The van der Waals surface area contributed by atoms with E-state index in [0.29, 0.717) is 39.7 Å². The highest BCUT2D eigenvalue weighted by Gasteiger charge is 2.37. The molecule has 0 spiro atoms. The molecule has 1 aliphatic heterocycles. The summed E-state index contributed by atoms with van der Waals surface area (Å²) in [6.45, 7) is 1.37. The van der Waals surface area contributed by atoms with Crippen LogP contribution in [0.5, 0.6) is 0 Å². The van der Waals surface area contributed by atoms with Gasteiger partial charge in [-0.2, -0.15) is 5.10 Å². The van der Waals surface area contributed by atoms with E-state index in [1.807, 2.05) is 17.3 Å². The number of nitrogens with zero attached hydrogens (tertiary/aromatic N) is 3. The fourth-order valence-corrected chi connectivity index (χ4v) is 4.86. The van der Waals surface area contributed by atoms with Gasteiger partial charge in [0.1, 0.15) is 14.1 Å². The first-order valence-corrected chi connectivity index (χ1v) is 9.99. The van der Waals surface area contributed by atoms with Gasteiger partial charge in [-0.1, -0.05) is 23.2 Å². The van der Waals surface area contributed by atoms with E-state index in [0.717, 1.165) is 5.56 Å². The molecule has 0 aromatic carbocycles. The third-order valence-electron chi connectivity index (χ3n) is 4.15. The number of ether oxygens (including phenoxy) is 1. The third kappa shape index (κ3) is 4.04. The summed E-state index contributed by atoms with van der Waals surface area (Å²) in [7, 11) is 3.72.